The molecule has 0 fully saturated rings. The first-order valence-corrected chi connectivity index (χ1v) is 7.05. The van der Waals surface area contributed by atoms with E-state index in [1.54, 1.807) is 12.1 Å². The van der Waals surface area contributed by atoms with Crippen molar-refractivity contribution in [3.05, 3.63) is 46.2 Å². The van der Waals surface area contributed by atoms with E-state index in [4.69, 9.17) is 16.7 Å². The molecule has 0 radical (unpaired) electrons. The Morgan fingerprint density at radius 3 is 2.81 bits per heavy atom. The molecule has 21 heavy (non-hydrogen) atoms. The molecule has 0 aliphatic heterocycles. The van der Waals surface area contributed by atoms with E-state index in [0.29, 0.717) is 18.2 Å². The topological polar surface area (TPSA) is 67.2 Å². The summed E-state index contributed by atoms with van der Waals surface area (Å²) in [5.41, 5.74) is 3.07. The zero-order valence-corrected chi connectivity index (χ0v) is 13.0. The number of aromatic carboxylic acids is 1. The van der Waals surface area contributed by atoms with E-state index < -0.39 is 5.97 Å². The highest BCUT2D eigenvalue weighted by atomic mass is 35.5. The highest BCUT2D eigenvalue weighted by molar-refractivity contribution is 6.33. The molecule has 2 rings (SSSR count). The fraction of sp³-hybridized carbons (Fsp3) is 0.333. The van der Waals surface area contributed by atoms with E-state index in [0.717, 1.165) is 5.69 Å². The number of aromatic nitrogens is 2. The maximum absolute atomic E-state index is 11.1. The Hall–Kier alpha value is -2.01. The molecule has 1 aromatic carbocycles. The van der Waals surface area contributed by atoms with Crippen molar-refractivity contribution in [3.8, 4) is 0 Å². The molecule has 2 aromatic rings. The second-order valence-electron chi connectivity index (χ2n) is 5.18. The van der Waals surface area contributed by atoms with Crippen LogP contribution in [0.3, 0.4) is 0 Å². The van der Waals surface area contributed by atoms with Crippen molar-refractivity contribution in [1.82, 2.24) is 9.78 Å². The van der Waals surface area contributed by atoms with Crippen LogP contribution in [0.25, 0.3) is 0 Å². The predicted molar refractivity (Wildman–Crippen MR) is 83.0 cm³/mol. The SMILES string of the molecule is CC(C)c1cnn(C)c1CNc1ccc(Cl)c(C(=O)O)c1. The molecule has 0 amide bonds. The minimum absolute atomic E-state index is 0.0933. The molecule has 2 N–H and O–H groups in total. The van der Waals surface area contributed by atoms with E-state index in [2.05, 4.69) is 24.3 Å². The quantitative estimate of drug-likeness (QED) is 0.887. The van der Waals surface area contributed by atoms with Crippen molar-refractivity contribution in [2.45, 2.75) is 26.3 Å². The molecule has 112 valence electrons. The second kappa shape index (κ2) is 6.18. The van der Waals surface area contributed by atoms with E-state index in [9.17, 15) is 4.79 Å². The van der Waals surface area contributed by atoms with Crippen LogP contribution in [0.5, 0.6) is 0 Å². The van der Waals surface area contributed by atoms with Gasteiger partial charge in [-0.2, -0.15) is 5.10 Å². The highest BCUT2D eigenvalue weighted by Crippen LogP contribution is 2.23. The smallest absolute Gasteiger partial charge is 0.337 e. The summed E-state index contributed by atoms with van der Waals surface area (Å²) in [5, 5.41) is 16.8. The lowest BCUT2D eigenvalue weighted by atomic mass is 10.0. The van der Waals surface area contributed by atoms with E-state index >= 15 is 0 Å². The van der Waals surface area contributed by atoms with Gasteiger partial charge in [-0.3, -0.25) is 4.68 Å². The van der Waals surface area contributed by atoms with Gasteiger partial charge >= 0.3 is 5.97 Å². The molecule has 0 saturated heterocycles. The van der Waals surface area contributed by atoms with Gasteiger partial charge in [-0.25, -0.2) is 4.79 Å². The van der Waals surface area contributed by atoms with Crippen molar-refractivity contribution in [2.75, 3.05) is 5.32 Å². The number of nitrogens with one attached hydrogen (secondary N) is 1. The third kappa shape index (κ3) is 3.36. The van der Waals surface area contributed by atoms with Gasteiger partial charge in [-0.15, -0.1) is 0 Å². The Morgan fingerprint density at radius 2 is 2.19 bits per heavy atom. The summed E-state index contributed by atoms with van der Waals surface area (Å²) in [5.74, 6) is -0.651. The van der Waals surface area contributed by atoms with Gasteiger partial charge in [0.2, 0.25) is 0 Å². The summed E-state index contributed by atoms with van der Waals surface area (Å²) in [7, 11) is 1.90. The van der Waals surface area contributed by atoms with Crippen LogP contribution in [0.1, 0.15) is 41.4 Å². The Kier molecular flexibility index (Phi) is 4.53. The molecular weight excluding hydrogens is 290 g/mol. The fourth-order valence-corrected chi connectivity index (χ4v) is 2.36. The number of carbonyl (C=O) groups is 1. The number of hydrogen-bond donors (Lipinski definition) is 2. The van der Waals surface area contributed by atoms with Crippen molar-refractivity contribution in [2.24, 2.45) is 7.05 Å². The van der Waals surface area contributed by atoms with Gasteiger partial charge in [0.1, 0.15) is 0 Å². The van der Waals surface area contributed by atoms with Crippen LogP contribution in [0.2, 0.25) is 5.02 Å². The lowest BCUT2D eigenvalue weighted by Crippen LogP contribution is -2.09. The number of benzene rings is 1. The van der Waals surface area contributed by atoms with Gasteiger partial charge in [-0.05, 0) is 29.7 Å². The lowest BCUT2D eigenvalue weighted by Gasteiger charge is -2.12. The van der Waals surface area contributed by atoms with Crippen LogP contribution in [-0.4, -0.2) is 20.9 Å². The number of anilines is 1. The summed E-state index contributed by atoms with van der Waals surface area (Å²) in [6.45, 7) is 4.81. The zero-order chi connectivity index (χ0) is 15.6. The zero-order valence-electron chi connectivity index (χ0n) is 12.2. The first-order valence-electron chi connectivity index (χ1n) is 6.67. The van der Waals surface area contributed by atoms with Crippen molar-refractivity contribution >= 4 is 23.3 Å². The van der Waals surface area contributed by atoms with E-state index in [1.807, 2.05) is 17.9 Å². The van der Waals surface area contributed by atoms with E-state index in [-0.39, 0.29) is 10.6 Å². The van der Waals surface area contributed by atoms with Crippen LogP contribution in [0.15, 0.2) is 24.4 Å². The van der Waals surface area contributed by atoms with Crippen LogP contribution in [0.4, 0.5) is 5.69 Å². The average Bonchev–Trinajstić information content (AvgIpc) is 2.79. The van der Waals surface area contributed by atoms with Crippen LogP contribution >= 0.6 is 11.6 Å². The Labute approximate surface area is 128 Å². The summed E-state index contributed by atoms with van der Waals surface area (Å²) in [6.07, 6.45) is 1.87. The molecule has 5 nitrogen and oxygen atoms in total. The molecule has 0 aliphatic rings. The summed E-state index contributed by atoms with van der Waals surface area (Å²) in [4.78, 5) is 11.1. The minimum Gasteiger partial charge on any atom is -0.478 e. The highest BCUT2D eigenvalue weighted by Gasteiger charge is 2.13. The summed E-state index contributed by atoms with van der Waals surface area (Å²) >= 11 is 5.86. The van der Waals surface area contributed by atoms with Crippen LogP contribution < -0.4 is 5.32 Å². The minimum atomic E-state index is -1.04. The molecule has 0 unspecified atom stereocenters. The third-order valence-electron chi connectivity index (χ3n) is 3.37. The molecule has 1 heterocycles. The van der Waals surface area contributed by atoms with Crippen molar-refractivity contribution in [3.63, 3.8) is 0 Å². The molecule has 0 aliphatic carbocycles. The molecule has 0 spiro atoms. The Balaban J connectivity index is 2.19. The first kappa shape index (κ1) is 15.4. The second-order valence-corrected chi connectivity index (χ2v) is 5.59. The number of hydrogen-bond acceptors (Lipinski definition) is 3. The number of carboxylic acid groups (broad SMARTS) is 1. The van der Waals surface area contributed by atoms with Crippen molar-refractivity contribution in [1.29, 1.82) is 0 Å². The molecule has 0 saturated carbocycles. The normalized spacial score (nSPS) is 10.9. The van der Waals surface area contributed by atoms with Gasteiger partial charge < -0.3 is 10.4 Å². The lowest BCUT2D eigenvalue weighted by molar-refractivity contribution is 0.0697. The maximum Gasteiger partial charge on any atom is 0.337 e. The van der Waals surface area contributed by atoms with Gasteiger partial charge in [0, 0.05) is 12.7 Å². The standard InChI is InChI=1S/C15H18ClN3O2/c1-9(2)12-7-18-19(3)14(12)8-17-10-4-5-13(16)11(6-10)15(20)21/h4-7,9,17H,8H2,1-3H3,(H,20,21). The Bertz CT molecular complexity index is 665. The predicted octanol–water partition coefficient (Wildman–Crippen LogP) is 3.51. The molecular formula is C15H18ClN3O2. The number of rotatable bonds is 5. The summed E-state index contributed by atoms with van der Waals surface area (Å²) in [6, 6.07) is 4.89. The number of halogens is 1. The largest absolute Gasteiger partial charge is 0.478 e. The number of aryl methyl sites for hydroxylation is 1. The molecule has 0 atom stereocenters. The molecule has 6 heteroatoms. The average molecular weight is 308 g/mol. The Morgan fingerprint density at radius 1 is 1.48 bits per heavy atom. The van der Waals surface area contributed by atoms with Gasteiger partial charge in [0.15, 0.2) is 0 Å². The molecule has 1 aromatic heterocycles. The number of nitrogens with zero attached hydrogens (tertiary/aromatic N) is 2. The summed E-state index contributed by atoms with van der Waals surface area (Å²) < 4.78 is 1.83. The number of carboxylic acids is 1. The van der Waals surface area contributed by atoms with Gasteiger partial charge in [-0.1, -0.05) is 25.4 Å². The molecule has 0 bridgehead atoms. The van der Waals surface area contributed by atoms with Gasteiger partial charge in [0.05, 0.1) is 29.0 Å². The van der Waals surface area contributed by atoms with Gasteiger partial charge in [0.25, 0.3) is 0 Å². The third-order valence-corrected chi connectivity index (χ3v) is 3.70. The fourth-order valence-electron chi connectivity index (χ4n) is 2.16. The van der Waals surface area contributed by atoms with Crippen LogP contribution in [0, 0.1) is 0 Å². The van der Waals surface area contributed by atoms with E-state index in [1.165, 1.54) is 11.6 Å². The monoisotopic (exact) mass is 307 g/mol. The van der Waals surface area contributed by atoms with Crippen molar-refractivity contribution < 1.29 is 9.90 Å². The van der Waals surface area contributed by atoms with Crippen LogP contribution in [-0.2, 0) is 13.6 Å². The maximum atomic E-state index is 11.1. The first-order chi connectivity index (χ1) is 9.90.